The molecule has 0 spiro atoms. The molecule has 0 aromatic rings. The fourth-order valence-electron chi connectivity index (χ4n) is 12.8. The molecule has 714 valence electrons. The number of halogens is 6. The Balaban J connectivity index is -0.000000338. The number of carboxylic acids is 2. The van der Waals surface area contributed by atoms with E-state index in [1.165, 1.54) is 45.8 Å². The zero-order chi connectivity index (χ0) is 91.2. The molecule has 9 atom stereocenters. The normalized spacial score (nSPS) is 15.7. The van der Waals surface area contributed by atoms with E-state index in [9.17, 15) is 51.0 Å². The second-order valence-electron chi connectivity index (χ2n) is 30.3. The number of nitrogens with one attached hydrogen (secondary N) is 10. The maximum atomic E-state index is 14.1. The minimum Gasteiger partial charge on any atom is -0.480 e. The zero-order valence-electron chi connectivity index (χ0n) is 77.6. The van der Waals surface area contributed by atoms with Crippen molar-refractivity contribution >= 4 is 41.3 Å². The Morgan fingerprint density at radius 3 is 1.22 bits per heavy atom. The van der Waals surface area contributed by atoms with Crippen molar-refractivity contribution in [1.29, 1.82) is 0 Å². The molecule has 0 radical (unpaired) electrons. The van der Waals surface area contributed by atoms with Crippen molar-refractivity contribution in [3.63, 3.8) is 0 Å². The number of carboxylic acid groups (broad SMARTS) is 2. The van der Waals surface area contributed by atoms with E-state index in [2.05, 4.69) is 133 Å². The molecular formula is C82H185ClF5N23O8+4. The predicted molar refractivity (Wildman–Crippen MR) is 480 cm³/mol. The molecule has 0 saturated heterocycles. The minimum atomic E-state index is -3.00. The number of quaternary nitrogens is 4. The van der Waals surface area contributed by atoms with Gasteiger partial charge in [-0.15, -0.1) is 11.6 Å². The van der Waals surface area contributed by atoms with Gasteiger partial charge >= 0.3 is 17.9 Å². The topological polar surface area (TPSA) is 441 Å². The first-order valence-corrected chi connectivity index (χ1v) is 45.1. The summed E-state index contributed by atoms with van der Waals surface area (Å²) in [5.74, 6) is -6.33. The average Bonchev–Trinajstić information content (AvgIpc) is 0.793. The van der Waals surface area contributed by atoms with Gasteiger partial charge in [0, 0.05) is 39.7 Å². The van der Waals surface area contributed by atoms with E-state index >= 15 is 0 Å². The van der Waals surface area contributed by atoms with E-state index in [-0.39, 0.29) is 29.9 Å². The number of nitrogens with two attached hydrogens (primary N) is 5. The third-order valence-corrected chi connectivity index (χ3v) is 20.1. The second kappa shape index (κ2) is 93.3. The van der Waals surface area contributed by atoms with E-state index in [1.807, 2.05) is 54.2 Å². The van der Waals surface area contributed by atoms with Crippen LogP contribution >= 0.6 is 11.6 Å². The first kappa shape index (κ1) is 126. The fourth-order valence-corrected chi connectivity index (χ4v) is 12.8. The lowest BCUT2D eigenvalue weighted by Crippen LogP contribution is -2.93. The summed E-state index contributed by atoms with van der Waals surface area (Å²) < 4.78 is 73.7. The Kier molecular flexibility index (Phi) is 98.8. The van der Waals surface area contributed by atoms with Crippen LogP contribution in [0.4, 0.5) is 22.0 Å². The number of ether oxygens (including phenoxy) is 1. The molecule has 2 amide bonds. The molecule has 0 bridgehead atoms. The van der Waals surface area contributed by atoms with E-state index in [0.717, 1.165) is 233 Å². The summed E-state index contributed by atoms with van der Waals surface area (Å²) in [6.45, 7) is 23.2. The van der Waals surface area contributed by atoms with E-state index < -0.39 is 66.3 Å². The van der Waals surface area contributed by atoms with Crippen molar-refractivity contribution in [2.45, 2.75) is 215 Å². The van der Waals surface area contributed by atoms with Crippen molar-refractivity contribution < 1.29 is 83.0 Å². The highest BCUT2D eigenvalue weighted by molar-refractivity contribution is 6.15. The van der Waals surface area contributed by atoms with Gasteiger partial charge in [-0.1, -0.05) is 25.7 Å². The van der Waals surface area contributed by atoms with Crippen LogP contribution in [0.5, 0.6) is 0 Å². The number of nitrogens with zero attached hydrogens (tertiary/aromatic N) is 6. The number of hydrogen-bond donors (Lipinski definition) is 19. The molecular weight excluding hydrogens is 1570 g/mol. The molecule has 1 aliphatic carbocycles. The fraction of sp³-hybridized carbons (Fsp3) is 0.915. The largest absolute Gasteiger partial charge is 0.480 e. The summed E-state index contributed by atoms with van der Waals surface area (Å²) in [5.41, 5.74) is 22.9. The molecule has 0 heterocycles. The van der Waals surface area contributed by atoms with Crippen LogP contribution in [0.3, 0.4) is 0 Å². The summed E-state index contributed by atoms with van der Waals surface area (Å²) in [6.07, 6.45) is 14.1. The Morgan fingerprint density at radius 1 is 0.437 bits per heavy atom. The molecule has 28 N–H and O–H groups in total. The Morgan fingerprint density at radius 2 is 0.798 bits per heavy atom. The molecule has 9 unspecified atom stereocenters. The molecule has 1 rings (SSSR count). The van der Waals surface area contributed by atoms with Crippen molar-refractivity contribution in [3.05, 3.63) is 11.7 Å². The lowest BCUT2D eigenvalue weighted by Gasteiger charge is -2.33. The minimum absolute atomic E-state index is 0.00791. The molecule has 37 heteroatoms. The summed E-state index contributed by atoms with van der Waals surface area (Å²) in [5, 5.41) is 53.4. The van der Waals surface area contributed by atoms with Gasteiger partial charge < -0.3 is 122 Å². The van der Waals surface area contributed by atoms with Gasteiger partial charge in [0.15, 0.2) is 42.3 Å². The van der Waals surface area contributed by atoms with E-state index in [4.69, 9.17) is 21.3 Å². The number of esters is 1. The van der Waals surface area contributed by atoms with Gasteiger partial charge in [0.1, 0.15) is 18.1 Å². The Bertz CT molecular complexity index is 2280. The van der Waals surface area contributed by atoms with Gasteiger partial charge in [-0.25, -0.2) is 22.0 Å². The van der Waals surface area contributed by atoms with Crippen molar-refractivity contribution in [2.24, 2.45) is 17.2 Å². The number of amides is 2. The van der Waals surface area contributed by atoms with Crippen LogP contribution in [-0.4, -0.2) is 400 Å². The molecule has 31 nitrogen and oxygen atoms in total. The number of alkyl halides is 4. The maximum absolute atomic E-state index is 14.1. The quantitative estimate of drug-likeness (QED) is 0.0155. The lowest BCUT2D eigenvalue weighted by molar-refractivity contribution is -0.679. The van der Waals surface area contributed by atoms with Crippen molar-refractivity contribution in [2.75, 3.05) is 276 Å². The van der Waals surface area contributed by atoms with Gasteiger partial charge in [-0.05, 0) is 338 Å². The highest BCUT2D eigenvalue weighted by Crippen LogP contribution is 2.36. The van der Waals surface area contributed by atoms with Gasteiger partial charge in [0.2, 0.25) is 5.91 Å². The van der Waals surface area contributed by atoms with Crippen LogP contribution in [0, 0.1) is 0 Å². The number of unbranched alkanes of at least 4 members (excludes halogenated alkanes) is 5. The number of allylic oxidation sites excluding steroid dienone is 1. The molecule has 0 saturated carbocycles. The number of aliphatic carboxylic acids is 2. The average molecular weight is 1750 g/mol. The van der Waals surface area contributed by atoms with Crippen LogP contribution in [0.15, 0.2) is 11.7 Å². The second-order valence-corrected chi connectivity index (χ2v) is 30.3. The summed E-state index contributed by atoms with van der Waals surface area (Å²) in [4.78, 5) is 71.7. The van der Waals surface area contributed by atoms with E-state index in [1.54, 1.807) is 33.1 Å². The smallest absolute Gasteiger partial charge is 0.323 e. The first-order chi connectivity index (χ1) is 57.2. The Labute approximate surface area is 723 Å². The Hall–Kier alpha value is -3.81. The molecule has 0 aliphatic heterocycles. The van der Waals surface area contributed by atoms with Gasteiger partial charge in [0.05, 0.1) is 38.8 Å². The molecule has 0 fully saturated rings. The maximum Gasteiger partial charge on any atom is 0.323 e. The molecule has 1 aliphatic rings. The predicted octanol–water partition coefficient (Wildman–Crippen LogP) is -0.677. The number of hydrogen-bond acceptors (Lipinski definition) is 23. The van der Waals surface area contributed by atoms with Crippen molar-refractivity contribution in [1.82, 2.24) is 82.6 Å². The van der Waals surface area contributed by atoms with Crippen LogP contribution in [0.2, 0.25) is 0 Å². The highest BCUT2D eigenvalue weighted by Gasteiger charge is 2.50. The van der Waals surface area contributed by atoms with Gasteiger partial charge in [0.25, 0.3) is 5.91 Å². The summed E-state index contributed by atoms with van der Waals surface area (Å²) in [7, 11) is 28.4. The number of rotatable bonds is 72. The van der Waals surface area contributed by atoms with Gasteiger partial charge in [-0.2, -0.15) is 0 Å². The third-order valence-electron chi connectivity index (χ3n) is 20.1. The first-order valence-electron chi connectivity index (χ1n) is 44.4. The number of likely N-dealkylation sites (N-methyl/N-ethyl adjacent to an activating group) is 5. The number of carbonyl (C=O) groups excluding carboxylic acids is 3. The van der Waals surface area contributed by atoms with E-state index in [0.29, 0.717) is 58.4 Å². The van der Waals surface area contributed by atoms with Crippen molar-refractivity contribution in [3.8, 4) is 0 Å². The number of carbonyl (C=O) groups is 5. The molecule has 119 heavy (non-hydrogen) atoms. The molecule has 0 aromatic carbocycles. The van der Waals surface area contributed by atoms with Crippen LogP contribution in [0.1, 0.15) is 161 Å². The van der Waals surface area contributed by atoms with Crippen LogP contribution in [-0.2, 0) is 28.7 Å². The SMILES string of the molecule is CCl.CN.CNC(=O)C(CCCC[NH2+]CCC[NH3+])[NH2+]CCC[NH3+].CNCCCN(C)CCCCC(C(=O)NC)N(C)CCCNC.CNCCCN(C)CCCCC(C(=O)O)N(C)CCCNC.CNCCCN(C)CCCCC(C(=O)OC1C(F)C(F)=C(F)C(F)C1F)N(C)CCCNC.NCCCNCCCCC(NCCCN)C(=O)O. The van der Waals surface area contributed by atoms with Gasteiger partial charge in [-0.3, -0.25) is 38.7 Å². The summed E-state index contributed by atoms with van der Waals surface area (Å²) >= 11 is 4.64. The standard InChI is InChI=1S/C22H39F5N4O2.C17H39N5O.C16H36N4O2.C13H31N5O.C12H28N4O2.CH3Cl.CH5N/c1-28-10-7-13-30(3)12-6-5-9-15(31(4)14-8-11-29-2)22(32)33-21-19(26)17(24)16(23)18(25)20(21)27;1-18-11-8-14-21(4)13-7-6-10-16(17(23)20-3)22(5)15-9-12-19-2;1-17-10-7-13-19(3)12-6-5-9-15(16(21)22)20(4)14-8-11-18-2;1-16-13(19)12(18-11-5-8-15)6-2-3-9-17-10-4-7-14;13-6-3-9-15-8-2-1-5-11(12(17)18)16-10-4-7-14;2*1-2/h15,17,19-21,28-29H,5-14H2,1-4H3;16,18-19H,6-15H2,1-5H3,(H,20,23);15,17-18H,5-14H2,1-4H3,(H,21,22);12,17-18H,2-11,14-15H2,1H3,(H,16,19);11,15-16H,1-10,13-14H2,(H,17,18);1H3;2H2,1H3/p+4. The van der Waals surface area contributed by atoms with Crippen LogP contribution < -0.4 is 92.5 Å². The monoisotopic (exact) mass is 1750 g/mol. The lowest BCUT2D eigenvalue weighted by atomic mass is 9.96. The zero-order valence-corrected chi connectivity index (χ0v) is 78.4. The highest BCUT2D eigenvalue weighted by atomic mass is 35.5. The third kappa shape index (κ3) is 74.2. The molecule has 0 aromatic heterocycles. The summed E-state index contributed by atoms with van der Waals surface area (Å²) in [6, 6.07) is -1.57. The van der Waals surface area contributed by atoms with Crippen LogP contribution in [0.25, 0.3) is 0 Å².